The van der Waals surface area contributed by atoms with Crippen LogP contribution in [0.4, 0.5) is 0 Å². The van der Waals surface area contributed by atoms with Gasteiger partial charge in [0.1, 0.15) is 0 Å². The fourth-order valence-electron chi connectivity index (χ4n) is 2.35. The topological polar surface area (TPSA) is 40.5 Å². The SMILES string of the molecule is CCN1CCC(C2=C(C(=O)O)C2)CC1. The van der Waals surface area contributed by atoms with E-state index in [1.54, 1.807) is 0 Å². The van der Waals surface area contributed by atoms with Crippen molar-refractivity contribution in [3.8, 4) is 0 Å². The van der Waals surface area contributed by atoms with Crippen LogP contribution in [0, 0.1) is 5.92 Å². The van der Waals surface area contributed by atoms with Crippen molar-refractivity contribution < 1.29 is 9.90 Å². The molecular formula is C11H17NO2. The molecule has 14 heavy (non-hydrogen) atoms. The molecule has 0 aromatic carbocycles. The van der Waals surface area contributed by atoms with Gasteiger partial charge in [0, 0.05) is 12.0 Å². The molecule has 0 aromatic heterocycles. The monoisotopic (exact) mass is 195 g/mol. The van der Waals surface area contributed by atoms with Gasteiger partial charge in [-0.2, -0.15) is 0 Å². The minimum Gasteiger partial charge on any atom is -0.478 e. The third-order valence-electron chi connectivity index (χ3n) is 3.42. The Hall–Kier alpha value is -0.830. The summed E-state index contributed by atoms with van der Waals surface area (Å²) < 4.78 is 0. The number of hydrogen-bond donors (Lipinski definition) is 1. The van der Waals surface area contributed by atoms with Crippen LogP contribution in [0.3, 0.4) is 0 Å². The van der Waals surface area contributed by atoms with E-state index in [1.807, 2.05) is 0 Å². The van der Waals surface area contributed by atoms with E-state index in [2.05, 4.69) is 11.8 Å². The van der Waals surface area contributed by atoms with Crippen molar-refractivity contribution in [2.45, 2.75) is 26.2 Å². The Labute approximate surface area is 84.4 Å². The van der Waals surface area contributed by atoms with Gasteiger partial charge in [-0.05, 0) is 38.4 Å². The van der Waals surface area contributed by atoms with Gasteiger partial charge in [-0.3, -0.25) is 0 Å². The van der Waals surface area contributed by atoms with E-state index in [1.165, 1.54) is 5.57 Å². The average Bonchev–Trinajstić information content (AvgIpc) is 2.97. The lowest BCUT2D eigenvalue weighted by Gasteiger charge is -2.29. The van der Waals surface area contributed by atoms with E-state index in [0.29, 0.717) is 11.5 Å². The van der Waals surface area contributed by atoms with Gasteiger partial charge in [-0.1, -0.05) is 12.5 Å². The summed E-state index contributed by atoms with van der Waals surface area (Å²) in [7, 11) is 0. The van der Waals surface area contributed by atoms with Gasteiger partial charge in [0.05, 0.1) is 0 Å². The van der Waals surface area contributed by atoms with Crippen LogP contribution < -0.4 is 0 Å². The second-order valence-electron chi connectivity index (χ2n) is 4.19. The number of aliphatic carboxylic acids is 1. The molecule has 2 aliphatic rings. The second kappa shape index (κ2) is 3.73. The summed E-state index contributed by atoms with van der Waals surface area (Å²) in [6, 6.07) is 0. The molecule has 3 nitrogen and oxygen atoms in total. The lowest BCUT2D eigenvalue weighted by Crippen LogP contribution is -2.33. The fourth-order valence-corrected chi connectivity index (χ4v) is 2.35. The summed E-state index contributed by atoms with van der Waals surface area (Å²) >= 11 is 0. The molecule has 1 aliphatic carbocycles. The molecule has 0 amide bonds. The van der Waals surface area contributed by atoms with E-state index < -0.39 is 5.97 Å². The Morgan fingerprint density at radius 2 is 2.14 bits per heavy atom. The highest BCUT2D eigenvalue weighted by Crippen LogP contribution is 2.41. The Bertz CT molecular complexity index is 275. The Kier molecular flexibility index (Phi) is 2.59. The Balaban J connectivity index is 1.88. The molecule has 1 fully saturated rings. The first-order chi connectivity index (χ1) is 6.72. The van der Waals surface area contributed by atoms with E-state index in [9.17, 15) is 4.79 Å². The highest BCUT2D eigenvalue weighted by molar-refractivity contribution is 5.93. The molecule has 3 heteroatoms. The average molecular weight is 195 g/mol. The number of rotatable bonds is 3. The molecule has 0 bridgehead atoms. The summed E-state index contributed by atoms with van der Waals surface area (Å²) in [5, 5.41) is 8.78. The predicted molar refractivity (Wildman–Crippen MR) is 54.1 cm³/mol. The van der Waals surface area contributed by atoms with Crippen molar-refractivity contribution >= 4 is 5.97 Å². The largest absolute Gasteiger partial charge is 0.478 e. The predicted octanol–water partition coefficient (Wildman–Crippen LogP) is 1.50. The number of likely N-dealkylation sites (tertiary alicyclic amines) is 1. The number of piperidine rings is 1. The van der Waals surface area contributed by atoms with Crippen molar-refractivity contribution in [1.82, 2.24) is 4.90 Å². The first-order valence-electron chi connectivity index (χ1n) is 5.40. The van der Waals surface area contributed by atoms with Crippen molar-refractivity contribution in [2.75, 3.05) is 19.6 Å². The maximum absolute atomic E-state index is 10.7. The molecule has 1 aliphatic heterocycles. The van der Waals surface area contributed by atoms with Gasteiger partial charge in [0.15, 0.2) is 0 Å². The summed E-state index contributed by atoms with van der Waals surface area (Å²) in [6.07, 6.45) is 3.08. The van der Waals surface area contributed by atoms with Crippen LogP contribution in [0.1, 0.15) is 26.2 Å². The number of carboxylic acids is 1. The summed E-state index contributed by atoms with van der Waals surface area (Å²) in [5.41, 5.74) is 1.92. The van der Waals surface area contributed by atoms with Gasteiger partial charge in [0.25, 0.3) is 0 Å². The zero-order valence-corrected chi connectivity index (χ0v) is 8.62. The van der Waals surface area contributed by atoms with Gasteiger partial charge in [-0.15, -0.1) is 0 Å². The number of carboxylic acid groups (broad SMARTS) is 1. The number of allylic oxidation sites excluding steroid dienone is 1. The standard InChI is InChI=1S/C11H17NO2/c1-2-12-5-3-8(4-6-12)9-7-10(9)11(13)14/h8H,2-7H2,1H3,(H,13,14). The van der Waals surface area contributed by atoms with E-state index in [4.69, 9.17) is 5.11 Å². The van der Waals surface area contributed by atoms with E-state index in [-0.39, 0.29) is 0 Å². The Morgan fingerprint density at radius 1 is 1.50 bits per heavy atom. The molecule has 78 valence electrons. The maximum Gasteiger partial charge on any atom is 0.331 e. The third-order valence-corrected chi connectivity index (χ3v) is 3.42. The normalized spacial score (nSPS) is 24.1. The van der Waals surface area contributed by atoms with E-state index >= 15 is 0 Å². The fraction of sp³-hybridized carbons (Fsp3) is 0.727. The van der Waals surface area contributed by atoms with E-state index in [0.717, 1.165) is 38.9 Å². The molecule has 0 aromatic rings. The molecule has 0 unspecified atom stereocenters. The van der Waals surface area contributed by atoms with Crippen molar-refractivity contribution in [3.05, 3.63) is 11.1 Å². The maximum atomic E-state index is 10.7. The molecule has 1 heterocycles. The van der Waals surface area contributed by atoms with Gasteiger partial charge < -0.3 is 10.0 Å². The zero-order chi connectivity index (χ0) is 10.1. The lowest BCUT2D eigenvalue weighted by atomic mass is 9.94. The molecule has 0 atom stereocenters. The third kappa shape index (κ3) is 1.82. The molecular weight excluding hydrogens is 178 g/mol. The van der Waals surface area contributed by atoms with Crippen LogP contribution in [0.25, 0.3) is 0 Å². The molecule has 2 rings (SSSR count). The highest BCUT2D eigenvalue weighted by atomic mass is 16.4. The molecule has 0 radical (unpaired) electrons. The second-order valence-corrected chi connectivity index (χ2v) is 4.19. The number of nitrogens with zero attached hydrogens (tertiary/aromatic N) is 1. The molecule has 0 spiro atoms. The van der Waals surface area contributed by atoms with Crippen LogP contribution >= 0.6 is 0 Å². The number of hydrogen-bond acceptors (Lipinski definition) is 2. The van der Waals surface area contributed by atoms with Crippen molar-refractivity contribution in [1.29, 1.82) is 0 Å². The number of carbonyl (C=O) groups is 1. The first-order valence-corrected chi connectivity index (χ1v) is 5.40. The first kappa shape index (κ1) is 9.71. The van der Waals surface area contributed by atoms with Crippen LogP contribution in [-0.2, 0) is 4.79 Å². The summed E-state index contributed by atoms with van der Waals surface area (Å²) in [6.45, 7) is 5.58. The quantitative estimate of drug-likeness (QED) is 0.742. The minimum absolute atomic E-state index is 0.573. The minimum atomic E-state index is -0.696. The lowest BCUT2D eigenvalue weighted by molar-refractivity contribution is -0.132. The van der Waals surface area contributed by atoms with Crippen LogP contribution in [0.5, 0.6) is 0 Å². The van der Waals surface area contributed by atoms with Crippen molar-refractivity contribution in [2.24, 2.45) is 5.92 Å². The summed E-state index contributed by atoms with van der Waals surface area (Å²) in [4.78, 5) is 13.1. The van der Waals surface area contributed by atoms with Crippen LogP contribution in [0.15, 0.2) is 11.1 Å². The molecule has 1 N–H and O–H groups in total. The van der Waals surface area contributed by atoms with Gasteiger partial charge in [0.2, 0.25) is 0 Å². The molecule has 0 saturated carbocycles. The zero-order valence-electron chi connectivity index (χ0n) is 8.62. The van der Waals surface area contributed by atoms with Crippen molar-refractivity contribution in [3.63, 3.8) is 0 Å². The Morgan fingerprint density at radius 3 is 2.57 bits per heavy atom. The molecule has 1 saturated heterocycles. The summed E-state index contributed by atoms with van der Waals surface area (Å²) in [5.74, 6) is -0.123. The van der Waals surface area contributed by atoms with Crippen LogP contribution in [-0.4, -0.2) is 35.6 Å². The smallest absolute Gasteiger partial charge is 0.331 e. The van der Waals surface area contributed by atoms with Gasteiger partial charge in [-0.25, -0.2) is 4.79 Å². The highest BCUT2D eigenvalue weighted by Gasteiger charge is 2.34. The van der Waals surface area contributed by atoms with Crippen LogP contribution in [0.2, 0.25) is 0 Å². The van der Waals surface area contributed by atoms with Gasteiger partial charge >= 0.3 is 5.97 Å².